The zero-order valence-electron chi connectivity index (χ0n) is 10.5. The van der Waals surface area contributed by atoms with Crippen LogP contribution in [0.3, 0.4) is 0 Å². The fraction of sp³-hybridized carbons (Fsp3) is 0.750. The standard InChI is InChI=1S/C12H23N3O/c1-11-8-14-15(9-11)7-5-4-6-12(2,10-16)13-3/h8-9,13,16H,4-7,10H2,1-3H3. The van der Waals surface area contributed by atoms with Crippen LogP contribution in [-0.4, -0.2) is 34.1 Å². The van der Waals surface area contributed by atoms with E-state index in [1.807, 2.05) is 31.8 Å². The maximum atomic E-state index is 9.22. The van der Waals surface area contributed by atoms with Crippen molar-refractivity contribution in [2.45, 2.75) is 45.2 Å². The summed E-state index contributed by atoms with van der Waals surface area (Å²) < 4.78 is 1.98. The van der Waals surface area contributed by atoms with Crippen molar-refractivity contribution in [3.63, 3.8) is 0 Å². The van der Waals surface area contributed by atoms with Crippen molar-refractivity contribution >= 4 is 0 Å². The van der Waals surface area contributed by atoms with Crippen molar-refractivity contribution in [3.8, 4) is 0 Å². The van der Waals surface area contributed by atoms with Crippen LogP contribution in [0.4, 0.5) is 0 Å². The third-order valence-corrected chi connectivity index (χ3v) is 3.08. The molecular formula is C12H23N3O. The van der Waals surface area contributed by atoms with Crippen molar-refractivity contribution in [1.82, 2.24) is 15.1 Å². The highest BCUT2D eigenvalue weighted by Crippen LogP contribution is 2.13. The van der Waals surface area contributed by atoms with E-state index in [2.05, 4.69) is 16.6 Å². The number of aryl methyl sites for hydroxylation is 2. The van der Waals surface area contributed by atoms with Gasteiger partial charge in [-0.1, -0.05) is 0 Å². The Morgan fingerprint density at radius 3 is 2.75 bits per heavy atom. The second-order valence-corrected chi connectivity index (χ2v) is 4.71. The molecule has 0 aliphatic heterocycles. The second kappa shape index (κ2) is 6.01. The van der Waals surface area contributed by atoms with Gasteiger partial charge in [0.1, 0.15) is 0 Å². The van der Waals surface area contributed by atoms with Crippen LogP contribution in [0.5, 0.6) is 0 Å². The van der Waals surface area contributed by atoms with Gasteiger partial charge in [0.25, 0.3) is 0 Å². The van der Waals surface area contributed by atoms with Crippen molar-refractivity contribution in [2.75, 3.05) is 13.7 Å². The molecule has 0 amide bonds. The lowest BCUT2D eigenvalue weighted by Crippen LogP contribution is -2.43. The molecular weight excluding hydrogens is 202 g/mol. The number of hydrogen-bond donors (Lipinski definition) is 2. The Balaban J connectivity index is 2.21. The molecule has 0 aliphatic rings. The number of aliphatic hydroxyl groups is 1. The van der Waals surface area contributed by atoms with Crippen molar-refractivity contribution in [2.24, 2.45) is 0 Å². The predicted octanol–water partition coefficient (Wildman–Crippen LogP) is 1.33. The smallest absolute Gasteiger partial charge is 0.0610 e. The van der Waals surface area contributed by atoms with Crippen LogP contribution in [-0.2, 0) is 6.54 Å². The van der Waals surface area contributed by atoms with Gasteiger partial charge in [-0.15, -0.1) is 0 Å². The van der Waals surface area contributed by atoms with Crippen LogP contribution >= 0.6 is 0 Å². The molecule has 1 aromatic heterocycles. The van der Waals surface area contributed by atoms with E-state index in [0.717, 1.165) is 25.8 Å². The fourth-order valence-electron chi connectivity index (χ4n) is 1.66. The summed E-state index contributed by atoms with van der Waals surface area (Å²) in [4.78, 5) is 0. The highest BCUT2D eigenvalue weighted by Gasteiger charge is 2.19. The third kappa shape index (κ3) is 3.94. The maximum Gasteiger partial charge on any atom is 0.0610 e. The monoisotopic (exact) mass is 225 g/mol. The first-order chi connectivity index (χ1) is 7.59. The number of aliphatic hydroxyl groups excluding tert-OH is 1. The van der Waals surface area contributed by atoms with Crippen molar-refractivity contribution in [1.29, 1.82) is 0 Å². The van der Waals surface area contributed by atoms with Gasteiger partial charge in [0.15, 0.2) is 0 Å². The Labute approximate surface area is 97.7 Å². The maximum absolute atomic E-state index is 9.22. The molecule has 0 saturated carbocycles. The molecule has 1 unspecified atom stereocenters. The summed E-state index contributed by atoms with van der Waals surface area (Å²) in [6.07, 6.45) is 7.12. The lowest BCUT2D eigenvalue weighted by molar-refractivity contribution is 0.170. The van der Waals surface area contributed by atoms with Crippen LogP contribution in [0.15, 0.2) is 12.4 Å². The minimum absolute atomic E-state index is 0.139. The zero-order chi connectivity index (χ0) is 12.0. The Morgan fingerprint density at radius 1 is 1.50 bits per heavy atom. The number of aromatic nitrogens is 2. The first-order valence-electron chi connectivity index (χ1n) is 5.88. The first kappa shape index (κ1) is 13.2. The average Bonchev–Trinajstić information content (AvgIpc) is 2.70. The Morgan fingerprint density at radius 2 is 2.25 bits per heavy atom. The molecule has 0 saturated heterocycles. The topological polar surface area (TPSA) is 50.1 Å². The summed E-state index contributed by atoms with van der Waals surface area (Å²) in [6, 6.07) is 0. The van der Waals surface area contributed by atoms with E-state index >= 15 is 0 Å². The summed E-state index contributed by atoms with van der Waals surface area (Å²) in [6.45, 7) is 5.24. The summed E-state index contributed by atoms with van der Waals surface area (Å²) in [5.41, 5.74) is 1.07. The lowest BCUT2D eigenvalue weighted by atomic mass is 9.96. The fourth-order valence-corrected chi connectivity index (χ4v) is 1.66. The van der Waals surface area contributed by atoms with Gasteiger partial charge in [0, 0.05) is 18.3 Å². The molecule has 1 atom stereocenters. The molecule has 2 N–H and O–H groups in total. The Hall–Kier alpha value is -0.870. The molecule has 0 spiro atoms. The van der Waals surface area contributed by atoms with E-state index in [1.54, 1.807) is 0 Å². The van der Waals surface area contributed by atoms with Crippen LogP contribution < -0.4 is 5.32 Å². The van der Waals surface area contributed by atoms with E-state index < -0.39 is 0 Å². The largest absolute Gasteiger partial charge is 0.394 e. The molecule has 16 heavy (non-hydrogen) atoms. The molecule has 1 aromatic rings. The summed E-state index contributed by atoms with van der Waals surface area (Å²) >= 11 is 0. The zero-order valence-corrected chi connectivity index (χ0v) is 10.5. The lowest BCUT2D eigenvalue weighted by Gasteiger charge is -2.26. The van der Waals surface area contributed by atoms with Gasteiger partial charge in [0.05, 0.1) is 12.8 Å². The van der Waals surface area contributed by atoms with E-state index in [1.165, 1.54) is 5.56 Å². The molecule has 0 radical (unpaired) electrons. The van der Waals surface area contributed by atoms with Gasteiger partial charge in [0.2, 0.25) is 0 Å². The molecule has 92 valence electrons. The normalized spacial score (nSPS) is 15.0. The predicted molar refractivity (Wildman–Crippen MR) is 65.4 cm³/mol. The van der Waals surface area contributed by atoms with Crippen LogP contribution in [0.1, 0.15) is 31.7 Å². The van der Waals surface area contributed by atoms with Gasteiger partial charge in [-0.3, -0.25) is 4.68 Å². The molecule has 4 nitrogen and oxygen atoms in total. The van der Waals surface area contributed by atoms with Gasteiger partial charge >= 0.3 is 0 Å². The molecule has 0 aromatic carbocycles. The van der Waals surface area contributed by atoms with Gasteiger partial charge < -0.3 is 10.4 Å². The highest BCUT2D eigenvalue weighted by molar-refractivity contribution is 4.99. The quantitative estimate of drug-likeness (QED) is 0.688. The van der Waals surface area contributed by atoms with E-state index in [9.17, 15) is 5.11 Å². The average molecular weight is 225 g/mol. The minimum Gasteiger partial charge on any atom is -0.394 e. The summed E-state index contributed by atoms with van der Waals surface area (Å²) in [7, 11) is 1.90. The molecule has 0 fully saturated rings. The van der Waals surface area contributed by atoms with Crippen LogP contribution in [0.2, 0.25) is 0 Å². The highest BCUT2D eigenvalue weighted by atomic mass is 16.3. The van der Waals surface area contributed by atoms with Gasteiger partial charge in [-0.2, -0.15) is 5.10 Å². The molecule has 4 heteroatoms. The number of unbranched alkanes of at least 4 members (excludes halogenated alkanes) is 1. The molecule has 0 bridgehead atoms. The minimum atomic E-state index is -0.139. The number of rotatable bonds is 7. The van der Waals surface area contributed by atoms with Crippen LogP contribution in [0, 0.1) is 6.92 Å². The van der Waals surface area contributed by atoms with E-state index in [-0.39, 0.29) is 12.1 Å². The van der Waals surface area contributed by atoms with Gasteiger partial charge in [-0.25, -0.2) is 0 Å². The Bertz CT molecular complexity index is 305. The SMILES string of the molecule is CNC(C)(CO)CCCCn1cc(C)cn1. The molecule has 1 heterocycles. The summed E-state index contributed by atoms with van der Waals surface area (Å²) in [5.74, 6) is 0. The van der Waals surface area contributed by atoms with Crippen molar-refractivity contribution in [3.05, 3.63) is 18.0 Å². The third-order valence-electron chi connectivity index (χ3n) is 3.08. The Kier molecular flexibility index (Phi) is 4.96. The molecule has 0 aliphatic carbocycles. The number of likely N-dealkylation sites (N-methyl/N-ethyl adjacent to an activating group) is 1. The first-order valence-corrected chi connectivity index (χ1v) is 5.88. The summed E-state index contributed by atoms with van der Waals surface area (Å²) in [5, 5.41) is 16.6. The second-order valence-electron chi connectivity index (χ2n) is 4.71. The number of hydrogen-bond acceptors (Lipinski definition) is 3. The van der Waals surface area contributed by atoms with Crippen molar-refractivity contribution < 1.29 is 5.11 Å². The molecule has 1 rings (SSSR count). The number of nitrogens with zero attached hydrogens (tertiary/aromatic N) is 2. The van der Waals surface area contributed by atoms with Gasteiger partial charge in [-0.05, 0) is 45.7 Å². The van der Waals surface area contributed by atoms with E-state index in [4.69, 9.17) is 0 Å². The number of nitrogens with one attached hydrogen (secondary N) is 1. The van der Waals surface area contributed by atoms with Crippen LogP contribution in [0.25, 0.3) is 0 Å². The van der Waals surface area contributed by atoms with E-state index in [0.29, 0.717) is 0 Å².